The molecule has 5 rings (SSSR count). The Bertz CT molecular complexity index is 1400. The number of rotatable bonds is 6. The molecule has 1 aliphatic carbocycles. The molecule has 1 amide bonds. The minimum Gasteiger partial charge on any atom is -0.497 e. The minimum atomic E-state index is -4.33. The Labute approximate surface area is 196 Å². The lowest BCUT2D eigenvalue weighted by atomic mass is 9.65. The summed E-state index contributed by atoms with van der Waals surface area (Å²) in [7, 11) is -2.75. The lowest BCUT2D eigenvalue weighted by Gasteiger charge is -2.36. The van der Waals surface area contributed by atoms with E-state index in [-0.39, 0.29) is 11.6 Å². The summed E-state index contributed by atoms with van der Waals surface area (Å²) in [6, 6.07) is 13.0. The Morgan fingerprint density at radius 1 is 1.06 bits per heavy atom. The van der Waals surface area contributed by atoms with Gasteiger partial charge in [0.25, 0.3) is 10.0 Å². The number of methoxy groups -OCH3 is 1. The average Bonchev–Trinajstić information content (AvgIpc) is 3.06. The van der Waals surface area contributed by atoms with Crippen molar-refractivity contribution in [1.82, 2.24) is 0 Å². The fourth-order valence-electron chi connectivity index (χ4n) is 4.67. The van der Waals surface area contributed by atoms with E-state index in [1.165, 1.54) is 0 Å². The Kier molecular flexibility index (Phi) is 5.31. The highest BCUT2D eigenvalue weighted by atomic mass is 32.2. The van der Waals surface area contributed by atoms with Crippen LogP contribution in [0.5, 0.6) is 5.75 Å². The molecule has 2 aliphatic rings. The van der Waals surface area contributed by atoms with E-state index in [2.05, 4.69) is 10.0 Å². The molecule has 3 aromatic carbocycles. The molecule has 0 atom stereocenters. The highest BCUT2D eigenvalue weighted by molar-refractivity contribution is 7.92. The van der Waals surface area contributed by atoms with E-state index in [1.807, 2.05) is 24.3 Å². The Balaban J connectivity index is 1.56. The summed E-state index contributed by atoms with van der Waals surface area (Å²) in [6.07, 6.45) is 2.69. The van der Waals surface area contributed by atoms with Crippen LogP contribution in [-0.2, 0) is 26.7 Å². The molecule has 176 valence electrons. The molecule has 0 saturated heterocycles. The van der Waals surface area contributed by atoms with Gasteiger partial charge in [-0.2, -0.15) is 0 Å². The van der Waals surface area contributed by atoms with Gasteiger partial charge in [-0.15, -0.1) is 0 Å². The Hall–Kier alpha value is -3.46. The first kappa shape index (κ1) is 22.3. The molecule has 0 aromatic heterocycles. The minimum absolute atomic E-state index is 0.0886. The van der Waals surface area contributed by atoms with Crippen molar-refractivity contribution < 1.29 is 26.7 Å². The molecule has 2 N–H and O–H groups in total. The predicted octanol–water partition coefficient (Wildman–Crippen LogP) is 4.74. The van der Waals surface area contributed by atoms with Gasteiger partial charge in [-0.25, -0.2) is 17.2 Å². The second-order valence-electron chi connectivity index (χ2n) is 8.65. The molecule has 9 heteroatoms. The number of fused-ring (bicyclic) bond motifs is 2. The van der Waals surface area contributed by atoms with Gasteiger partial charge in [-0.05, 0) is 72.4 Å². The number of amides is 1. The summed E-state index contributed by atoms with van der Waals surface area (Å²) in [5, 5.41) is 3.00. The molecule has 1 aliphatic heterocycles. The summed E-state index contributed by atoms with van der Waals surface area (Å²) < 4.78 is 60.9. The smallest absolute Gasteiger partial charge is 0.264 e. The molecular formula is C25H22F2N2O4S. The third-order valence-electron chi connectivity index (χ3n) is 6.61. The second kappa shape index (κ2) is 8.09. The molecule has 3 aromatic rings. The van der Waals surface area contributed by atoms with E-state index in [0.717, 1.165) is 35.2 Å². The van der Waals surface area contributed by atoms with E-state index in [9.17, 15) is 22.0 Å². The number of anilines is 2. The first-order chi connectivity index (χ1) is 16.2. The number of nitrogens with one attached hydrogen (secondary N) is 2. The third kappa shape index (κ3) is 3.69. The predicted molar refractivity (Wildman–Crippen MR) is 124 cm³/mol. The van der Waals surface area contributed by atoms with Gasteiger partial charge in [0.05, 0.1) is 12.5 Å². The van der Waals surface area contributed by atoms with E-state index in [1.54, 1.807) is 19.2 Å². The van der Waals surface area contributed by atoms with Crippen LogP contribution >= 0.6 is 0 Å². The maximum Gasteiger partial charge on any atom is 0.264 e. The van der Waals surface area contributed by atoms with Crippen molar-refractivity contribution in [1.29, 1.82) is 0 Å². The van der Waals surface area contributed by atoms with Crippen molar-refractivity contribution in [3.63, 3.8) is 0 Å². The van der Waals surface area contributed by atoms with Gasteiger partial charge >= 0.3 is 0 Å². The summed E-state index contributed by atoms with van der Waals surface area (Å²) in [6.45, 7) is 0. The number of benzene rings is 3. The van der Waals surface area contributed by atoms with Crippen molar-refractivity contribution >= 4 is 27.3 Å². The molecule has 0 unspecified atom stereocenters. The van der Waals surface area contributed by atoms with Gasteiger partial charge in [-0.3, -0.25) is 9.52 Å². The summed E-state index contributed by atoms with van der Waals surface area (Å²) >= 11 is 0. The first-order valence-electron chi connectivity index (χ1n) is 10.8. The van der Waals surface area contributed by atoms with Gasteiger partial charge in [-0.1, -0.05) is 18.6 Å². The lowest BCUT2D eigenvalue weighted by Crippen LogP contribution is -2.40. The number of carbonyl (C=O) groups is 1. The van der Waals surface area contributed by atoms with Crippen molar-refractivity contribution in [3.05, 3.63) is 82.9 Å². The van der Waals surface area contributed by atoms with Crippen LogP contribution in [0, 0.1) is 11.6 Å². The second-order valence-corrected chi connectivity index (χ2v) is 10.3. The van der Waals surface area contributed by atoms with Crippen molar-refractivity contribution in [3.8, 4) is 5.75 Å². The monoisotopic (exact) mass is 484 g/mol. The quantitative estimate of drug-likeness (QED) is 0.530. The van der Waals surface area contributed by atoms with Crippen LogP contribution in [0.2, 0.25) is 0 Å². The maximum atomic E-state index is 14.2. The van der Waals surface area contributed by atoms with Gasteiger partial charge in [0, 0.05) is 17.4 Å². The maximum absolute atomic E-state index is 14.2. The molecule has 1 saturated carbocycles. The first-order valence-corrected chi connectivity index (χ1v) is 12.3. The van der Waals surface area contributed by atoms with Gasteiger partial charge in [0.15, 0.2) is 0 Å². The largest absolute Gasteiger partial charge is 0.497 e. The van der Waals surface area contributed by atoms with E-state index in [4.69, 9.17) is 4.74 Å². The molecule has 1 spiro atoms. The number of hydrogen-bond donors (Lipinski definition) is 2. The van der Waals surface area contributed by atoms with Crippen LogP contribution in [0.25, 0.3) is 0 Å². The Morgan fingerprint density at radius 2 is 1.79 bits per heavy atom. The van der Waals surface area contributed by atoms with Crippen molar-refractivity contribution in [2.75, 3.05) is 17.1 Å². The lowest BCUT2D eigenvalue weighted by molar-refractivity contribution is -0.123. The molecule has 6 nitrogen and oxygen atoms in total. The normalized spacial score (nSPS) is 16.0. The summed E-state index contributed by atoms with van der Waals surface area (Å²) in [5.74, 6) is -1.43. The molecule has 0 radical (unpaired) electrons. The Morgan fingerprint density at radius 3 is 2.41 bits per heavy atom. The number of hydrogen-bond acceptors (Lipinski definition) is 4. The number of halogens is 2. The van der Waals surface area contributed by atoms with E-state index >= 15 is 0 Å². The summed E-state index contributed by atoms with van der Waals surface area (Å²) in [5.41, 5.74) is 2.65. The number of carbonyl (C=O) groups excluding carboxylic acids is 1. The standard InChI is InChI=1S/C25H22F2N2O4S/c1-33-19-6-3-15(4-7-19)11-16-12-18(14-20-23(16)28-24(30)25(20)9-2-10-25)29-34(31,32)22-8-5-17(26)13-21(22)27/h3-8,12-14,29H,2,9-11H2,1H3,(H,28,30). The molecule has 34 heavy (non-hydrogen) atoms. The van der Waals surface area contributed by atoms with E-state index in [0.29, 0.717) is 36.8 Å². The van der Waals surface area contributed by atoms with Crippen LogP contribution in [-0.4, -0.2) is 21.4 Å². The van der Waals surface area contributed by atoms with Gasteiger partial charge in [0.2, 0.25) is 5.91 Å². The summed E-state index contributed by atoms with van der Waals surface area (Å²) in [4.78, 5) is 12.2. The van der Waals surface area contributed by atoms with Crippen molar-refractivity contribution in [2.24, 2.45) is 0 Å². The number of sulfonamides is 1. The molecule has 1 fully saturated rings. The van der Waals surface area contributed by atoms with Crippen LogP contribution in [0.15, 0.2) is 59.5 Å². The van der Waals surface area contributed by atoms with Crippen LogP contribution in [0.4, 0.5) is 20.2 Å². The van der Waals surface area contributed by atoms with Crippen LogP contribution in [0.3, 0.4) is 0 Å². The van der Waals surface area contributed by atoms with E-state index < -0.39 is 32.0 Å². The van der Waals surface area contributed by atoms with Crippen LogP contribution < -0.4 is 14.8 Å². The van der Waals surface area contributed by atoms with Gasteiger partial charge in [0.1, 0.15) is 22.3 Å². The van der Waals surface area contributed by atoms with Crippen molar-refractivity contribution in [2.45, 2.75) is 36.0 Å². The van der Waals surface area contributed by atoms with Gasteiger partial charge < -0.3 is 10.1 Å². The fraction of sp³-hybridized carbons (Fsp3) is 0.240. The zero-order valence-electron chi connectivity index (χ0n) is 18.3. The highest BCUT2D eigenvalue weighted by Crippen LogP contribution is 2.53. The molecule has 0 bridgehead atoms. The fourth-order valence-corrected chi connectivity index (χ4v) is 5.78. The highest BCUT2D eigenvalue weighted by Gasteiger charge is 2.51. The third-order valence-corrected chi connectivity index (χ3v) is 8.02. The topological polar surface area (TPSA) is 84.5 Å². The average molecular weight is 485 g/mol. The zero-order valence-corrected chi connectivity index (χ0v) is 19.1. The zero-order chi connectivity index (χ0) is 24.1. The molecular weight excluding hydrogens is 462 g/mol. The van der Waals surface area contributed by atoms with Crippen LogP contribution in [0.1, 0.15) is 36.0 Å². The molecule has 1 heterocycles. The number of ether oxygens (including phenoxy) is 1. The SMILES string of the molecule is COc1ccc(Cc2cc(NS(=O)(=O)c3ccc(F)cc3F)cc3c2NC(=O)C32CCC2)cc1.